The number of nitrogens with zero attached hydrogens (tertiary/aromatic N) is 3. The average Bonchev–Trinajstić information content (AvgIpc) is 2.93. The van der Waals surface area contributed by atoms with Crippen molar-refractivity contribution < 1.29 is 19.4 Å². The molecule has 1 aliphatic heterocycles. The molecule has 0 saturated carbocycles. The molecule has 1 aliphatic rings. The van der Waals surface area contributed by atoms with E-state index in [0.717, 1.165) is 21.3 Å². The molecule has 0 fully saturated rings. The van der Waals surface area contributed by atoms with Crippen molar-refractivity contribution >= 4 is 39.3 Å². The first-order valence-corrected chi connectivity index (χ1v) is 11.0. The third kappa shape index (κ3) is 4.97. The van der Waals surface area contributed by atoms with E-state index in [2.05, 4.69) is 43.0 Å². The number of hydrogen-bond donors (Lipinski definition) is 2. The van der Waals surface area contributed by atoms with Crippen molar-refractivity contribution in [3.05, 3.63) is 65.2 Å². The highest BCUT2D eigenvalue weighted by molar-refractivity contribution is 9.10. The lowest BCUT2D eigenvalue weighted by Gasteiger charge is -2.19. The summed E-state index contributed by atoms with van der Waals surface area (Å²) in [6.07, 6.45) is 1.22. The molecular formula is C21H17BrN4O4S. The number of carboxylic acid groups (broad SMARTS) is 1. The molecule has 0 spiro atoms. The number of anilines is 1. The maximum Gasteiger partial charge on any atom is 0.341 e. The van der Waals surface area contributed by atoms with E-state index in [4.69, 9.17) is 14.6 Å². The van der Waals surface area contributed by atoms with Crippen LogP contribution in [0.4, 0.5) is 5.69 Å². The van der Waals surface area contributed by atoms with Gasteiger partial charge in [-0.2, -0.15) is 4.98 Å². The second kappa shape index (κ2) is 9.36. The maximum atomic E-state index is 10.7. The molecule has 0 radical (unpaired) electrons. The summed E-state index contributed by atoms with van der Waals surface area (Å²) in [6.45, 7) is 3.31. The minimum atomic E-state index is -1.03. The number of carbonyl (C=O) groups is 1. The molecule has 2 aromatic carbocycles. The molecule has 0 bridgehead atoms. The van der Waals surface area contributed by atoms with Crippen LogP contribution in [0.3, 0.4) is 0 Å². The zero-order chi connectivity index (χ0) is 21.8. The van der Waals surface area contributed by atoms with Crippen LogP contribution in [0.1, 0.15) is 11.8 Å². The Morgan fingerprint density at radius 1 is 1.29 bits per heavy atom. The Kier molecular flexibility index (Phi) is 6.38. The molecule has 0 saturated heterocycles. The number of carboxylic acids is 1. The number of hydrogen-bond acceptors (Lipinski definition) is 8. The first-order valence-electron chi connectivity index (χ1n) is 9.19. The lowest BCUT2D eigenvalue weighted by atomic mass is 10.1. The van der Waals surface area contributed by atoms with Crippen LogP contribution in [-0.4, -0.2) is 38.6 Å². The van der Waals surface area contributed by atoms with Gasteiger partial charge in [0.1, 0.15) is 5.75 Å². The van der Waals surface area contributed by atoms with Gasteiger partial charge in [-0.25, -0.2) is 4.79 Å². The Labute approximate surface area is 190 Å². The van der Waals surface area contributed by atoms with Gasteiger partial charge in [0, 0.05) is 27.0 Å². The van der Waals surface area contributed by atoms with E-state index < -0.39 is 18.8 Å². The second-order valence-electron chi connectivity index (χ2n) is 6.43. The van der Waals surface area contributed by atoms with Crippen LogP contribution >= 0.6 is 27.7 Å². The van der Waals surface area contributed by atoms with E-state index in [1.807, 2.05) is 18.2 Å². The Hall–Kier alpha value is -3.11. The lowest BCUT2D eigenvalue weighted by molar-refractivity contribution is -0.139. The third-order valence-electron chi connectivity index (χ3n) is 4.26. The molecular weight excluding hydrogens is 484 g/mol. The van der Waals surface area contributed by atoms with Crippen molar-refractivity contribution in [1.82, 2.24) is 15.2 Å². The predicted octanol–water partition coefficient (Wildman–Crippen LogP) is 4.55. The molecule has 0 amide bonds. The van der Waals surface area contributed by atoms with Crippen LogP contribution in [0.15, 0.2) is 64.7 Å². The number of halogens is 1. The lowest BCUT2D eigenvalue weighted by Crippen LogP contribution is -2.17. The summed E-state index contributed by atoms with van der Waals surface area (Å²) >= 11 is 4.92. The fourth-order valence-corrected chi connectivity index (χ4v) is 3.77. The zero-order valence-electron chi connectivity index (χ0n) is 16.1. The van der Waals surface area contributed by atoms with Crippen LogP contribution in [-0.2, 0) is 4.79 Å². The largest absolute Gasteiger partial charge is 0.482 e. The molecule has 8 nitrogen and oxygen atoms in total. The molecule has 0 aliphatic carbocycles. The number of ether oxygens (including phenoxy) is 2. The quantitative estimate of drug-likeness (QED) is 0.356. The first kappa shape index (κ1) is 21.1. The molecule has 158 valence electrons. The molecule has 1 atom stereocenters. The maximum absolute atomic E-state index is 10.7. The molecule has 2 heterocycles. The molecule has 10 heteroatoms. The number of thioether (sulfide) groups is 1. The van der Waals surface area contributed by atoms with E-state index in [0.29, 0.717) is 28.2 Å². The van der Waals surface area contributed by atoms with Gasteiger partial charge in [-0.1, -0.05) is 33.8 Å². The fraction of sp³-hybridized carbons (Fsp3) is 0.143. The molecule has 1 aromatic heterocycles. The number of aromatic nitrogens is 3. The average molecular weight is 501 g/mol. The summed E-state index contributed by atoms with van der Waals surface area (Å²) in [4.78, 5) is 15.2. The molecule has 2 N–H and O–H groups in total. The standard InChI is InChI=1S/C21H17BrN4O4S/c1-2-9-31-21-24-20-18(25-26-21)15-10-13(22)5-8-16(15)23-19(30-20)12-3-6-14(7-4-12)29-11-17(27)28/h2-8,10,19,23H,1,9,11H2,(H,27,28)/t19-/m1/s1. The highest BCUT2D eigenvalue weighted by atomic mass is 79.9. The normalized spacial score (nSPS) is 14.3. The molecule has 4 rings (SSSR count). The Bertz CT molecular complexity index is 1130. The highest BCUT2D eigenvalue weighted by Crippen LogP contribution is 2.40. The third-order valence-corrected chi connectivity index (χ3v) is 5.59. The molecule has 3 aromatic rings. The van der Waals surface area contributed by atoms with Crippen molar-refractivity contribution in [2.45, 2.75) is 11.4 Å². The Balaban J connectivity index is 1.69. The van der Waals surface area contributed by atoms with Crippen LogP contribution in [0.2, 0.25) is 0 Å². The van der Waals surface area contributed by atoms with Crippen LogP contribution in [0.5, 0.6) is 11.6 Å². The number of nitrogens with one attached hydrogen (secondary N) is 1. The van der Waals surface area contributed by atoms with Crippen molar-refractivity contribution in [3.8, 4) is 22.9 Å². The van der Waals surface area contributed by atoms with Crippen molar-refractivity contribution in [2.75, 3.05) is 17.7 Å². The second-order valence-corrected chi connectivity index (χ2v) is 8.33. The van der Waals surface area contributed by atoms with Gasteiger partial charge in [0.2, 0.25) is 11.0 Å². The van der Waals surface area contributed by atoms with Crippen molar-refractivity contribution in [3.63, 3.8) is 0 Å². The van der Waals surface area contributed by atoms with E-state index in [1.165, 1.54) is 11.8 Å². The summed E-state index contributed by atoms with van der Waals surface area (Å²) in [7, 11) is 0. The van der Waals surface area contributed by atoms with Gasteiger partial charge in [-0.15, -0.1) is 16.8 Å². The summed E-state index contributed by atoms with van der Waals surface area (Å²) in [6, 6.07) is 12.8. The van der Waals surface area contributed by atoms with Crippen molar-refractivity contribution in [2.24, 2.45) is 0 Å². The zero-order valence-corrected chi connectivity index (χ0v) is 18.5. The Morgan fingerprint density at radius 3 is 2.84 bits per heavy atom. The van der Waals surface area contributed by atoms with Gasteiger partial charge in [0.25, 0.3) is 0 Å². The van der Waals surface area contributed by atoms with Crippen LogP contribution in [0.25, 0.3) is 11.3 Å². The number of aliphatic carboxylic acids is 1. The monoisotopic (exact) mass is 500 g/mol. The van der Waals surface area contributed by atoms with E-state index in [9.17, 15) is 4.79 Å². The summed E-state index contributed by atoms with van der Waals surface area (Å²) in [5, 5.41) is 21.2. The number of fused-ring (bicyclic) bond motifs is 3. The number of rotatable bonds is 7. The van der Waals surface area contributed by atoms with Gasteiger partial charge in [-0.3, -0.25) is 0 Å². The van der Waals surface area contributed by atoms with E-state index in [1.54, 1.807) is 30.3 Å². The first-order chi connectivity index (χ1) is 15.0. The molecule has 0 unspecified atom stereocenters. The number of benzene rings is 2. The van der Waals surface area contributed by atoms with Crippen molar-refractivity contribution in [1.29, 1.82) is 0 Å². The molecule has 31 heavy (non-hydrogen) atoms. The smallest absolute Gasteiger partial charge is 0.341 e. The van der Waals surface area contributed by atoms with Gasteiger partial charge in [0.05, 0.1) is 0 Å². The van der Waals surface area contributed by atoms with E-state index in [-0.39, 0.29) is 0 Å². The fourth-order valence-electron chi connectivity index (χ4n) is 2.90. The SMILES string of the molecule is C=CCSc1nnc2c(n1)O[C@H](c1ccc(OCC(=O)O)cc1)Nc1ccc(Br)cc1-2. The van der Waals surface area contributed by atoms with Crippen LogP contribution in [0, 0.1) is 0 Å². The predicted molar refractivity (Wildman–Crippen MR) is 120 cm³/mol. The summed E-state index contributed by atoms with van der Waals surface area (Å²) in [5.74, 6) is 0.440. The minimum Gasteiger partial charge on any atom is -0.482 e. The van der Waals surface area contributed by atoms with Crippen LogP contribution < -0.4 is 14.8 Å². The van der Waals surface area contributed by atoms with Gasteiger partial charge in [0.15, 0.2) is 18.5 Å². The summed E-state index contributed by atoms with van der Waals surface area (Å²) in [5.41, 5.74) is 2.98. The topological polar surface area (TPSA) is 106 Å². The van der Waals surface area contributed by atoms with Gasteiger partial charge in [-0.05, 0) is 42.5 Å². The van der Waals surface area contributed by atoms with E-state index >= 15 is 0 Å². The van der Waals surface area contributed by atoms with Gasteiger partial charge < -0.3 is 19.9 Å². The van der Waals surface area contributed by atoms with Gasteiger partial charge >= 0.3 is 5.97 Å². The Morgan fingerprint density at radius 2 is 2.10 bits per heavy atom. The highest BCUT2D eigenvalue weighted by Gasteiger charge is 2.26. The minimum absolute atomic E-state index is 0.363. The summed E-state index contributed by atoms with van der Waals surface area (Å²) < 4.78 is 12.3.